The zero-order chi connectivity index (χ0) is 8.36. The lowest BCUT2D eigenvalue weighted by atomic mass is 10.6. The number of aliphatic hydroxyl groups excluding tert-OH is 1. The summed E-state index contributed by atoms with van der Waals surface area (Å²) in [6.45, 7) is 0.816. The van der Waals surface area contributed by atoms with Gasteiger partial charge in [-0.25, -0.2) is 8.78 Å². The molecule has 0 aromatic heterocycles. The first-order valence-corrected chi connectivity index (χ1v) is 2.38. The van der Waals surface area contributed by atoms with E-state index in [0.717, 1.165) is 6.92 Å². The van der Waals surface area contributed by atoms with Gasteiger partial charge in [0.1, 0.15) is 0 Å². The molecule has 1 N–H and O–H groups in total. The third kappa shape index (κ3) is 2.98. The average Bonchev–Trinajstić information content (AvgIpc) is 1.60. The van der Waals surface area contributed by atoms with E-state index in [1.54, 1.807) is 0 Å². The van der Waals surface area contributed by atoms with Crippen LogP contribution in [0.15, 0.2) is 0 Å². The highest BCUT2D eigenvalue weighted by atomic mass is 19.3. The first-order valence-electron chi connectivity index (χ1n) is 2.38. The zero-order valence-electron chi connectivity index (χ0n) is 5.02. The Balaban J connectivity index is 3.87. The van der Waals surface area contributed by atoms with Crippen molar-refractivity contribution in [1.29, 1.82) is 0 Å². The van der Waals surface area contributed by atoms with E-state index in [1.165, 1.54) is 0 Å². The molecule has 0 saturated heterocycles. The second-order valence-corrected chi connectivity index (χ2v) is 1.58. The number of hydrogen-bond donors (Lipinski definition) is 1. The lowest BCUT2D eigenvalue weighted by Crippen LogP contribution is -2.33. The Labute approximate surface area is 54.4 Å². The fourth-order valence-corrected chi connectivity index (χ4v) is 0.279. The average molecular weight is 162 g/mol. The number of halogens is 4. The summed E-state index contributed by atoms with van der Waals surface area (Å²) in [4.78, 5) is 0. The van der Waals surface area contributed by atoms with Crippen LogP contribution in [0.4, 0.5) is 17.6 Å². The fourth-order valence-electron chi connectivity index (χ4n) is 0.279. The van der Waals surface area contributed by atoms with E-state index in [9.17, 15) is 17.6 Å². The Morgan fingerprint density at radius 2 is 1.80 bits per heavy atom. The molecule has 0 rings (SSSR count). The first kappa shape index (κ1) is 9.64. The largest absolute Gasteiger partial charge is 0.418 e. The molecule has 0 amide bonds. The third-order valence-electron chi connectivity index (χ3n) is 0.582. The van der Waals surface area contributed by atoms with Gasteiger partial charge in [0.15, 0.2) is 6.29 Å². The summed E-state index contributed by atoms with van der Waals surface area (Å²) in [6.07, 6.45) is -10.4. The van der Waals surface area contributed by atoms with Gasteiger partial charge in [-0.1, -0.05) is 0 Å². The first-order chi connectivity index (χ1) is 4.36. The van der Waals surface area contributed by atoms with Gasteiger partial charge in [0, 0.05) is 0 Å². The highest BCUT2D eigenvalue weighted by Gasteiger charge is 2.43. The van der Waals surface area contributed by atoms with Crippen LogP contribution >= 0.6 is 0 Å². The van der Waals surface area contributed by atoms with Crippen LogP contribution in [-0.2, 0) is 4.74 Å². The van der Waals surface area contributed by atoms with Gasteiger partial charge in [0.25, 0.3) is 0 Å². The Hall–Kier alpha value is -0.360. The van der Waals surface area contributed by atoms with Crippen molar-refractivity contribution in [3.05, 3.63) is 0 Å². The van der Waals surface area contributed by atoms with Crippen molar-refractivity contribution in [3.8, 4) is 0 Å². The SMILES string of the molecule is CC(O)OC(F)(F)C(F)F. The fraction of sp³-hybridized carbons (Fsp3) is 1.00. The van der Waals surface area contributed by atoms with Crippen molar-refractivity contribution >= 4 is 0 Å². The highest BCUT2D eigenvalue weighted by Crippen LogP contribution is 2.24. The van der Waals surface area contributed by atoms with E-state index in [1.807, 2.05) is 0 Å². The number of aliphatic hydroxyl groups is 1. The molecule has 0 aromatic carbocycles. The Bertz CT molecular complexity index is 103. The molecule has 62 valence electrons. The molecule has 6 heteroatoms. The lowest BCUT2D eigenvalue weighted by molar-refractivity contribution is -0.345. The molecule has 10 heavy (non-hydrogen) atoms. The predicted molar refractivity (Wildman–Crippen MR) is 23.7 cm³/mol. The molecular formula is C4H6F4O2. The second-order valence-electron chi connectivity index (χ2n) is 1.58. The molecule has 0 fully saturated rings. The minimum absolute atomic E-state index is 0.816. The Morgan fingerprint density at radius 1 is 1.40 bits per heavy atom. The summed E-state index contributed by atoms with van der Waals surface area (Å²) >= 11 is 0. The summed E-state index contributed by atoms with van der Waals surface area (Å²) in [5.41, 5.74) is 0. The predicted octanol–water partition coefficient (Wildman–Crippen LogP) is 1.20. The van der Waals surface area contributed by atoms with E-state index >= 15 is 0 Å². The van der Waals surface area contributed by atoms with Gasteiger partial charge in [-0.15, -0.1) is 0 Å². The van der Waals surface area contributed by atoms with Crippen molar-refractivity contribution in [2.24, 2.45) is 0 Å². The quantitative estimate of drug-likeness (QED) is 0.499. The smallest absolute Gasteiger partial charge is 0.368 e. The normalized spacial score (nSPS) is 15.9. The number of ether oxygens (including phenoxy) is 1. The molecule has 0 spiro atoms. The van der Waals surface area contributed by atoms with Crippen LogP contribution in [0.5, 0.6) is 0 Å². The van der Waals surface area contributed by atoms with Gasteiger partial charge in [-0.05, 0) is 6.92 Å². The molecule has 0 aliphatic carbocycles. The summed E-state index contributed by atoms with van der Waals surface area (Å²) in [5.74, 6) is 0. The molecule has 0 aliphatic heterocycles. The van der Waals surface area contributed by atoms with Crippen molar-refractivity contribution in [3.63, 3.8) is 0 Å². The molecule has 0 radical (unpaired) electrons. The highest BCUT2D eigenvalue weighted by molar-refractivity contribution is 4.54. The van der Waals surface area contributed by atoms with Crippen LogP contribution in [0.2, 0.25) is 0 Å². The maximum atomic E-state index is 11.7. The van der Waals surface area contributed by atoms with Gasteiger partial charge in [0.2, 0.25) is 0 Å². The maximum Gasteiger partial charge on any atom is 0.418 e. The molecule has 1 atom stereocenters. The summed E-state index contributed by atoms with van der Waals surface area (Å²) in [7, 11) is 0. The van der Waals surface area contributed by atoms with Crippen LogP contribution in [0.1, 0.15) is 6.92 Å². The zero-order valence-corrected chi connectivity index (χ0v) is 5.02. The molecule has 0 saturated carbocycles. The standard InChI is InChI=1S/C4H6F4O2/c1-2(9)10-4(7,8)3(5)6/h2-3,9H,1H3. The number of hydrogen-bond acceptors (Lipinski definition) is 2. The molecule has 0 aromatic rings. The number of rotatable bonds is 3. The van der Waals surface area contributed by atoms with Gasteiger partial charge >= 0.3 is 12.5 Å². The Morgan fingerprint density at radius 3 is 1.90 bits per heavy atom. The maximum absolute atomic E-state index is 11.7. The molecule has 1 unspecified atom stereocenters. The van der Waals surface area contributed by atoms with Crippen molar-refractivity contribution in [2.75, 3.05) is 0 Å². The molecule has 0 heterocycles. The van der Waals surface area contributed by atoms with Crippen molar-refractivity contribution < 1.29 is 27.4 Å². The van der Waals surface area contributed by atoms with E-state index < -0.39 is 18.8 Å². The van der Waals surface area contributed by atoms with Crippen LogP contribution in [0.3, 0.4) is 0 Å². The third-order valence-corrected chi connectivity index (χ3v) is 0.582. The minimum atomic E-state index is -4.56. The summed E-state index contributed by atoms with van der Waals surface area (Å²) in [6, 6.07) is 0. The molecule has 0 bridgehead atoms. The lowest BCUT2D eigenvalue weighted by Gasteiger charge is -2.16. The number of alkyl halides is 4. The topological polar surface area (TPSA) is 29.5 Å². The van der Waals surface area contributed by atoms with Gasteiger partial charge < -0.3 is 5.11 Å². The van der Waals surface area contributed by atoms with Crippen LogP contribution < -0.4 is 0 Å². The van der Waals surface area contributed by atoms with Gasteiger partial charge in [-0.3, -0.25) is 4.74 Å². The summed E-state index contributed by atoms with van der Waals surface area (Å²) < 4.78 is 48.9. The van der Waals surface area contributed by atoms with Crippen LogP contribution in [-0.4, -0.2) is 23.9 Å². The monoisotopic (exact) mass is 162 g/mol. The van der Waals surface area contributed by atoms with Gasteiger partial charge in [0.05, 0.1) is 0 Å². The molecule has 2 nitrogen and oxygen atoms in total. The van der Waals surface area contributed by atoms with E-state index in [2.05, 4.69) is 4.74 Å². The van der Waals surface area contributed by atoms with Gasteiger partial charge in [-0.2, -0.15) is 8.78 Å². The molecule has 0 aliphatic rings. The van der Waals surface area contributed by atoms with Crippen molar-refractivity contribution in [2.45, 2.75) is 25.7 Å². The second kappa shape index (κ2) is 3.16. The van der Waals surface area contributed by atoms with E-state index in [0.29, 0.717) is 0 Å². The van der Waals surface area contributed by atoms with E-state index in [-0.39, 0.29) is 0 Å². The Kier molecular flexibility index (Phi) is 3.04. The van der Waals surface area contributed by atoms with Crippen LogP contribution in [0, 0.1) is 0 Å². The summed E-state index contributed by atoms with van der Waals surface area (Å²) in [5, 5.41) is 8.10. The van der Waals surface area contributed by atoms with Crippen LogP contribution in [0.25, 0.3) is 0 Å². The minimum Gasteiger partial charge on any atom is -0.368 e. The molecular weight excluding hydrogens is 156 g/mol. The van der Waals surface area contributed by atoms with E-state index in [4.69, 9.17) is 5.11 Å². The van der Waals surface area contributed by atoms with Crippen molar-refractivity contribution in [1.82, 2.24) is 0 Å².